The summed E-state index contributed by atoms with van der Waals surface area (Å²) in [6.07, 6.45) is -3.00. The summed E-state index contributed by atoms with van der Waals surface area (Å²) in [5, 5.41) is 16.6. The van der Waals surface area contributed by atoms with Crippen LogP contribution in [-0.4, -0.2) is 26.8 Å². The summed E-state index contributed by atoms with van der Waals surface area (Å²) >= 11 is 0. The van der Waals surface area contributed by atoms with E-state index >= 15 is 0 Å². The number of nitriles is 1. The zero-order valence-corrected chi connectivity index (χ0v) is 16.9. The lowest BCUT2D eigenvalue weighted by molar-refractivity contribution is -0.181. The maximum absolute atomic E-state index is 13.5. The van der Waals surface area contributed by atoms with Crippen LogP contribution in [0.3, 0.4) is 0 Å². The molecule has 6 nitrogen and oxygen atoms in total. The molecule has 2 heterocycles. The zero-order valence-electron chi connectivity index (χ0n) is 16.9. The molecular weight excluding hydrogens is 395 g/mol. The topological polar surface area (TPSA) is 83.6 Å². The Labute approximate surface area is 171 Å². The van der Waals surface area contributed by atoms with Crippen LogP contribution in [0.5, 0.6) is 0 Å². The molecule has 0 bridgehead atoms. The molecule has 0 fully saturated rings. The predicted molar refractivity (Wildman–Crippen MR) is 105 cm³/mol. The standard InChI is InChI=1S/C21H20F3N5O/c1-12(15-11-26-29(4)16(15)10-25)27-19(30)14-7-5-6-13-8-9-17(28-18(13)14)20(2,3)21(22,23)24/h5-9,11-12H,1-4H3,(H,27,30). The predicted octanol–water partition coefficient (Wildman–Crippen LogP) is 4.17. The van der Waals surface area contributed by atoms with Crippen LogP contribution in [0.4, 0.5) is 13.2 Å². The Balaban J connectivity index is 2.00. The molecule has 2 aromatic heterocycles. The second-order valence-corrected chi connectivity index (χ2v) is 7.58. The first kappa shape index (κ1) is 21.3. The first-order valence-corrected chi connectivity index (χ1v) is 9.17. The van der Waals surface area contributed by atoms with Crippen molar-refractivity contribution in [3.63, 3.8) is 0 Å². The number of amides is 1. The van der Waals surface area contributed by atoms with Crippen molar-refractivity contribution in [2.75, 3.05) is 0 Å². The molecule has 0 saturated carbocycles. The van der Waals surface area contributed by atoms with Gasteiger partial charge in [-0.2, -0.15) is 23.5 Å². The third-order valence-electron chi connectivity index (χ3n) is 5.20. The Morgan fingerprint density at radius 1 is 1.23 bits per heavy atom. The molecule has 0 aliphatic carbocycles. The molecule has 0 spiro atoms. The number of hydrogen-bond acceptors (Lipinski definition) is 4. The van der Waals surface area contributed by atoms with Crippen LogP contribution in [-0.2, 0) is 12.5 Å². The third-order valence-corrected chi connectivity index (χ3v) is 5.20. The molecule has 9 heteroatoms. The molecule has 156 valence electrons. The van der Waals surface area contributed by atoms with E-state index in [2.05, 4.69) is 15.4 Å². The van der Waals surface area contributed by atoms with Gasteiger partial charge in [0.2, 0.25) is 0 Å². The molecule has 0 aliphatic rings. The summed E-state index contributed by atoms with van der Waals surface area (Å²) in [4.78, 5) is 17.1. The molecule has 1 N–H and O–H groups in total. The van der Waals surface area contributed by atoms with Crippen molar-refractivity contribution in [3.8, 4) is 6.07 Å². The van der Waals surface area contributed by atoms with Gasteiger partial charge in [-0.3, -0.25) is 14.5 Å². The number of carbonyl (C=O) groups excluding carboxylic acids is 1. The van der Waals surface area contributed by atoms with Crippen molar-refractivity contribution in [1.82, 2.24) is 20.1 Å². The number of nitrogens with zero attached hydrogens (tertiary/aromatic N) is 4. The molecule has 0 aliphatic heterocycles. The van der Waals surface area contributed by atoms with E-state index in [-0.39, 0.29) is 16.8 Å². The Hall–Kier alpha value is -3.41. The molecule has 3 aromatic rings. The quantitative estimate of drug-likeness (QED) is 0.693. The number of hydrogen-bond donors (Lipinski definition) is 1. The van der Waals surface area contributed by atoms with E-state index in [0.717, 1.165) is 13.8 Å². The number of nitrogens with one attached hydrogen (secondary N) is 1. The number of rotatable bonds is 4. The number of alkyl halides is 3. The van der Waals surface area contributed by atoms with Crippen LogP contribution in [0.2, 0.25) is 0 Å². The number of halogens is 3. The van der Waals surface area contributed by atoms with E-state index in [1.165, 1.54) is 29.1 Å². The van der Waals surface area contributed by atoms with Gasteiger partial charge in [-0.1, -0.05) is 18.2 Å². The zero-order chi connectivity index (χ0) is 22.3. The molecule has 1 unspecified atom stereocenters. The summed E-state index contributed by atoms with van der Waals surface area (Å²) < 4.78 is 41.8. The van der Waals surface area contributed by atoms with E-state index in [1.54, 1.807) is 26.1 Å². The number of aromatic nitrogens is 3. The van der Waals surface area contributed by atoms with Gasteiger partial charge in [0, 0.05) is 18.0 Å². The Kier molecular flexibility index (Phi) is 5.29. The summed E-state index contributed by atoms with van der Waals surface area (Å²) in [5.74, 6) is -0.504. The van der Waals surface area contributed by atoms with E-state index < -0.39 is 23.5 Å². The molecule has 1 aromatic carbocycles. The van der Waals surface area contributed by atoms with Crippen molar-refractivity contribution in [2.45, 2.75) is 38.4 Å². The SMILES string of the molecule is CC(NC(=O)c1cccc2ccc(C(C)(C)C(F)(F)F)nc12)c1cnn(C)c1C#N. The molecule has 1 atom stereocenters. The average Bonchev–Trinajstić information content (AvgIpc) is 3.06. The van der Waals surface area contributed by atoms with Gasteiger partial charge in [0.25, 0.3) is 5.91 Å². The fourth-order valence-corrected chi connectivity index (χ4v) is 3.08. The van der Waals surface area contributed by atoms with Crippen LogP contribution in [0.25, 0.3) is 10.9 Å². The lowest BCUT2D eigenvalue weighted by atomic mass is 9.87. The molecule has 0 saturated heterocycles. The van der Waals surface area contributed by atoms with Gasteiger partial charge < -0.3 is 5.32 Å². The van der Waals surface area contributed by atoms with Crippen LogP contribution >= 0.6 is 0 Å². The van der Waals surface area contributed by atoms with Gasteiger partial charge in [-0.05, 0) is 32.9 Å². The Bertz CT molecular complexity index is 1160. The van der Waals surface area contributed by atoms with Gasteiger partial charge in [-0.15, -0.1) is 0 Å². The first-order chi connectivity index (χ1) is 14.0. The highest BCUT2D eigenvalue weighted by Crippen LogP contribution is 2.40. The van der Waals surface area contributed by atoms with E-state index in [9.17, 15) is 23.2 Å². The normalized spacial score (nSPS) is 13.1. The number of benzene rings is 1. The molecule has 0 radical (unpaired) electrons. The maximum Gasteiger partial charge on any atom is 0.399 e. The second-order valence-electron chi connectivity index (χ2n) is 7.58. The van der Waals surface area contributed by atoms with Gasteiger partial charge in [0.1, 0.15) is 17.2 Å². The molecule has 1 amide bonds. The smallest absolute Gasteiger partial charge is 0.345 e. The number of carbonyl (C=O) groups is 1. The van der Waals surface area contributed by atoms with Crippen molar-refractivity contribution in [1.29, 1.82) is 5.26 Å². The highest BCUT2D eigenvalue weighted by atomic mass is 19.4. The van der Waals surface area contributed by atoms with Crippen molar-refractivity contribution >= 4 is 16.8 Å². The Morgan fingerprint density at radius 3 is 2.57 bits per heavy atom. The number of aryl methyl sites for hydroxylation is 1. The summed E-state index contributed by atoms with van der Waals surface area (Å²) in [6.45, 7) is 3.81. The number of fused-ring (bicyclic) bond motifs is 1. The van der Waals surface area contributed by atoms with Crippen LogP contribution in [0, 0.1) is 11.3 Å². The molecular formula is C21H20F3N5O. The summed E-state index contributed by atoms with van der Waals surface area (Å²) in [6, 6.07) is 9.19. The van der Waals surface area contributed by atoms with Crippen LogP contribution < -0.4 is 5.32 Å². The minimum Gasteiger partial charge on any atom is -0.345 e. The minimum atomic E-state index is -4.49. The number of para-hydroxylation sites is 1. The monoisotopic (exact) mass is 415 g/mol. The summed E-state index contributed by atoms with van der Waals surface area (Å²) in [5.41, 5.74) is -1.15. The molecule has 3 rings (SSSR count). The highest BCUT2D eigenvalue weighted by Gasteiger charge is 2.49. The number of pyridine rings is 1. The fourth-order valence-electron chi connectivity index (χ4n) is 3.08. The first-order valence-electron chi connectivity index (χ1n) is 9.17. The van der Waals surface area contributed by atoms with Gasteiger partial charge >= 0.3 is 6.18 Å². The second kappa shape index (κ2) is 7.44. The summed E-state index contributed by atoms with van der Waals surface area (Å²) in [7, 11) is 1.62. The van der Waals surface area contributed by atoms with Crippen LogP contribution in [0.1, 0.15) is 54.1 Å². The lowest BCUT2D eigenvalue weighted by Crippen LogP contribution is -2.37. The third kappa shape index (κ3) is 3.61. The van der Waals surface area contributed by atoms with Crippen molar-refractivity contribution in [3.05, 3.63) is 59.0 Å². The van der Waals surface area contributed by atoms with Gasteiger partial charge in [0.05, 0.1) is 29.0 Å². The largest absolute Gasteiger partial charge is 0.399 e. The Morgan fingerprint density at radius 2 is 1.93 bits per heavy atom. The molecule has 30 heavy (non-hydrogen) atoms. The van der Waals surface area contributed by atoms with E-state index in [0.29, 0.717) is 16.6 Å². The van der Waals surface area contributed by atoms with Crippen LogP contribution in [0.15, 0.2) is 36.5 Å². The van der Waals surface area contributed by atoms with E-state index in [1.807, 2.05) is 6.07 Å². The van der Waals surface area contributed by atoms with Crippen molar-refractivity contribution < 1.29 is 18.0 Å². The highest BCUT2D eigenvalue weighted by molar-refractivity contribution is 6.05. The fraction of sp³-hybridized carbons (Fsp3) is 0.333. The van der Waals surface area contributed by atoms with Gasteiger partial charge in [0.15, 0.2) is 0 Å². The average molecular weight is 415 g/mol. The lowest BCUT2D eigenvalue weighted by Gasteiger charge is -2.27. The van der Waals surface area contributed by atoms with Crippen molar-refractivity contribution in [2.24, 2.45) is 7.05 Å². The maximum atomic E-state index is 13.5. The van der Waals surface area contributed by atoms with Gasteiger partial charge in [-0.25, -0.2) is 0 Å². The van der Waals surface area contributed by atoms with E-state index in [4.69, 9.17) is 0 Å². The minimum absolute atomic E-state index is 0.154.